The lowest BCUT2D eigenvalue weighted by Gasteiger charge is -2.29. The third-order valence-electron chi connectivity index (χ3n) is 4.09. The summed E-state index contributed by atoms with van der Waals surface area (Å²) in [6.07, 6.45) is 5.21. The minimum absolute atomic E-state index is 0.0299. The first-order chi connectivity index (χ1) is 14.3. The van der Waals surface area contributed by atoms with Crippen molar-refractivity contribution in [1.82, 2.24) is 10.0 Å². The Morgan fingerprint density at radius 2 is 1.67 bits per heavy atom. The highest BCUT2D eigenvalue weighted by atomic mass is 32.2. The van der Waals surface area contributed by atoms with Gasteiger partial charge in [0, 0.05) is 0 Å². The van der Waals surface area contributed by atoms with Gasteiger partial charge in [-0.2, -0.15) is 4.72 Å². The molecule has 2 aromatic carbocycles. The molecule has 2 N–H and O–H groups in total. The molecule has 0 aromatic heterocycles. The molecule has 1 amide bonds. The number of rotatable bonds is 11. The molecular formula is C22H26N2O5S. The van der Waals surface area contributed by atoms with Crippen LogP contribution in [0, 0.1) is 12.3 Å². The highest BCUT2D eigenvalue weighted by Crippen LogP contribution is 2.19. The van der Waals surface area contributed by atoms with Crippen LogP contribution in [0.2, 0.25) is 0 Å². The maximum absolute atomic E-state index is 12.7. The van der Waals surface area contributed by atoms with Crippen molar-refractivity contribution in [3.63, 3.8) is 0 Å². The number of carbonyl (C=O) groups is 1. The number of hydrogen-bond donors (Lipinski definition) is 2. The van der Waals surface area contributed by atoms with Gasteiger partial charge in [-0.25, -0.2) is 8.42 Å². The Kier molecular flexibility index (Phi) is 8.27. The number of benzene rings is 2. The second kappa shape index (κ2) is 10.7. The molecule has 30 heavy (non-hydrogen) atoms. The fraction of sp³-hybridized carbons (Fsp3) is 0.318. The van der Waals surface area contributed by atoms with E-state index in [9.17, 15) is 13.2 Å². The Bertz CT molecular complexity index is 969. The third kappa shape index (κ3) is 7.10. The van der Waals surface area contributed by atoms with E-state index >= 15 is 0 Å². The second-order valence-electron chi connectivity index (χ2n) is 6.76. The molecule has 1 atom stereocenters. The van der Waals surface area contributed by atoms with Crippen molar-refractivity contribution in [2.24, 2.45) is 0 Å². The van der Waals surface area contributed by atoms with Crippen LogP contribution in [0.1, 0.15) is 19.4 Å². The van der Waals surface area contributed by atoms with Gasteiger partial charge in [0.25, 0.3) is 0 Å². The molecule has 1 unspecified atom stereocenters. The second-order valence-corrected chi connectivity index (χ2v) is 8.48. The lowest BCUT2D eigenvalue weighted by atomic mass is 10.0. The predicted octanol–water partition coefficient (Wildman–Crippen LogP) is 2.09. The van der Waals surface area contributed by atoms with Crippen molar-refractivity contribution in [2.75, 3.05) is 19.8 Å². The lowest BCUT2D eigenvalue weighted by molar-refractivity contribution is -0.127. The van der Waals surface area contributed by atoms with Crippen molar-refractivity contribution >= 4 is 15.9 Å². The van der Waals surface area contributed by atoms with Crippen LogP contribution in [-0.2, 0) is 20.6 Å². The number of ether oxygens (including phenoxy) is 2. The molecular weight excluding hydrogens is 404 g/mol. The van der Waals surface area contributed by atoms with E-state index in [0.29, 0.717) is 23.7 Å². The fourth-order valence-electron chi connectivity index (χ4n) is 2.67. The van der Waals surface area contributed by atoms with Gasteiger partial charge in [-0.05, 0) is 43.7 Å². The van der Waals surface area contributed by atoms with E-state index in [-0.39, 0.29) is 18.9 Å². The molecule has 160 valence electrons. The summed E-state index contributed by atoms with van der Waals surface area (Å²) >= 11 is 0. The molecule has 0 aliphatic heterocycles. The SMILES string of the molecule is C#CCNC(=O)C(C)(COc1ccc(OCC)cc1)NS(=O)(=O)Cc1ccccc1. The minimum atomic E-state index is -3.84. The van der Waals surface area contributed by atoms with Gasteiger partial charge >= 0.3 is 0 Å². The third-order valence-corrected chi connectivity index (χ3v) is 5.57. The van der Waals surface area contributed by atoms with Crippen molar-refractivity contribution < 1.29 is 22.7 Å². The summed E-state index contributed by atoms with van der Waals surface area (Å²) in [6, 6.07) is 15.5. The molecule has 2 aromatic rings. The number of amides is 1. The first-order valence-electron chi connectivity index (χ1n) is 9.41. The van der Waals surface area contributed by atoms with Crippen LogP contribution in [0.25, 0.3) is 0 Å². The van der Waals surface area contributed by atoms with Crippen molar-refractivity contribution in [2.45, 2.75) is 25.1 Å². The van der Waals surface area contributed by atoms with Gasteiger partial charge in [0.1, 0.15) is 23.6 Å². The zero-order valence-corrected chi connectivity index (χ0v) is 17.9. The van der Waals surface area contributed by atoms with Crippen LogP contribution in [0.5, 0.6) is 11.5 Å². The first-order valence-corrected chi connectivity index (χ1v) is 11.1. The summed E-state index contributed by atoms with van der Waals surface area (Å²) in [5.74, 6) is 2.60. The largest absolute Gasteiger partial charge is 0.494 e. The van der Waals surface area contributed by atoms with Crippen molar-refractivity contribution in [3.05, 3.63) is 60.2 Å². The Hall–Kier alpha value is -3.02. The summed E-state index contributed by atoms with van der Waals surface area (Å²) in [5, 5.41) is 2.52. The van der Waals surface area contributed by atoms with Gasteiger partial charge in [-0.3, -0.25) is 4.79 Å². The summed E-state index contributed by atoms with van der Waals surface area (Å²) in [4.78, 5) is 12.7. The molecule has 0 spiro atoms. The lowest BCUT2D eigenvalue weighted by Crippen LogP contribution is -2.60. The molecule has 2 rings (SSSR count). The van der Waals surface area contributed by atoms with E-state index in [2.05, 4.69) is 16.0 Å². The topological polar surface area (TPSA) is 93.7 Å². The number of carbonyl (C=O) groups excluding carboxylic acids is 1. The molecule has 0 fully saturated rings. The molecule has 0 aliphatic carbocycles. The van der Waals surface area contributed by atoms with E-state index in [1.54, 1.807) is 54.6 Å². The molecule has 0 heterocycles. The summed E-state index contributed by atoms with van der Waals surface area (Å²) in [5.41, 5.74) is -0.966. The molecule has 8 heteroatoms. The van der Waals surface area contributed by atoms with Crippen LogP contribution in [0.4, 0.5) is 0 Å². The number of terminal acetylenes is 1. The highest BCUT2D eigenvalue weighted by molar-refractivity contribution is 7.88. The van der Waals surface area contributed by atoms with Crippen LogP contribution in [0.15, 0.2) is 54.6 Å². The maximum Gasteiger partial charge on any atom is 0.245 e. The van der Waals surface area contributed by atoms with Crippen LogP contribution in [-0.4, -0.2) is 39.6 Å². The van der Waals surface area contributed by atoms with Gasteiger partial charge in [0.05, 0.1) is 18.9 Å². The molecule has 7 nitrogen and oxygen atoms in total. The maximum atomic E-state index is 12.7. The molecule has 0 radical (unpaired) electrons. The minimum Gasteiger partial charge on any atom is -0.494 e. The van der Waals surface area contributed by atoms with E-state index < -0.39 is 21.5 Å². The smallest absolute Gasteiger partial charge is 0.245 e. The van der Waals surface area contributed by atoms with E-state index in [1.807, 2.05) is 6.92 Å². The summed E-state index contributed by atoms with van der Waals surface area (Å²) in [6.45, 7) is 3.61. The van der Waals surface area contributed by atoms with Crippen LogP contribution >= 0.6 is 0 Å². The molecule has 0 bridgehead atoms. The summed E-state index contributed by atoms with van der Waals surface area (Å²) < 4.78 is 39.0. The quantitative estimate of drug-likeness (QED) is 0.533. The molecule has 0 aliphatic rings. The fourth-order valence-corrected chi connectivity index (χ4v) is 4.21. The average molecular weight is 431 g/mol. The Morgan fingerprint density at radius 1 is 1.07 bits per heavy atom. The normalized spacial score (nSPS) is 13.0. The predicted molar refractivity (Wildman–Crippen MR) is 116 cm³/mol. The van der Waals surface area contributed by atoms with Crippen molar-refractivity contribution in [1.29, 1.82) is 0 Å². The van der Waals surface area contributed by atoms with Gasteiger partial charge in [0.2, 0.25) is 15.9 Å². The monoisotopic (exact) mass is 430 g/mol. The van der Waals surface area contributed by atoms with Gasteiger partial charge < -0.3 is 14.8 Å². The number of hydrogen-bond acceptors (Lipinski definition) is 5. The zero-order valence-electron chi connectivity index (χ0n) is 17.1. The Morgan fingerprint density at radius 3 is 2.23 bits per heavy atom. The van der Waals surface area contributed by atoms with Gasteiger partial charge in [0.15, 0.2) is 0 Å². The van der Waals surface area contributed by atoms with E-state index in [4.69, 9.17) is 15.9 Å². The van der Waals surface area contributed by atoms with E-state index in [1.165, 1.54) is 6.92 Å². The van der Waals surface area contributed by atoms with Gasteiger partial charge in [-0.15, -0.1) is 6.42 Å². The van der Waals surface area contributed by atoms with Gasteiger partial charge in [-0.1, -0.05) is 36.3 Å². The summed E-state index contributed by atoms with van der Waals surface area (Å²) in [7, 11) is -3.84. The Labute approximate surface area is 177 Å². The van der Waals surface area contributed by atoms with Crippen molar-refractivity contribution in [3.8, 4) is 23.8 Å². The van der Waals surface area contributed by atoms with E-state index in [0.717, 1.165) is 0 Å². The standard InChI is InChI=1S/C22H26N2O5S/c1-4-15-23-21(25)22(3,17-29-20-13-11-19(12-14-20)28-5-2)24-30(26,27)16-18-9-7-6-8-10-18/h1,6-14,24H,5,15-17H2,2-3H3,(H,23,25). The van der Waals surface area contributed by atoms with Crippen LogP contribution < -0.4 is 19.5 Å². The number of nitrogens with one attached hydrogen (secondary N) is 2. The first kappa shape index (κ1) is 23.3. The molecule has 0 saturated heterocycles. The highest BCUT2D eigenvalue weighted by Gasteiger charge is 2.38. The Balaban J connectivity index is 2.15. The number of sulfonamides is 1. The molecule has 0 saturated carbocycles. The average Bonchev–Trinajstić information content (AvgIpc) is 2.71. The van der Waals surface area contributed by atoms with Crippen LogP contribution in [0.3, 0.4) is 0 Å². The zero-order chi connectivity index (χ0) is 22.0.